The molecule has 0 N–H and O–H groups in total. The molecule has 0 spiro atoms. The fourth-order valence-corrected chi connectivity index (χ4v) is 2.00. The largest absolute Gasteiger partial charge is 0.619 e. The van der Waals surface area contributed by atoms with Crippen LogP contribution in [0.2, 0.25) is 0 Å². The molecule has 0 aliphatic carbocycles. The molecule has 1 aromatic rings. The number of hydrogen-bond donors (Lipinski definition) is 0. The molecular weight excluding hydrogens is 248 g/mol. The summed E-state index contributed by atoms with van der Waals surface area (Å²) in [7, 11) is 0. The molecule has 0 atom stereocenters. The van der Waals surface area contributed by atoms with Crippen molar-refractivity contribution in [2.75, 3.05) is 6.54 Å². The van der Waals surface area contributed by atoms with Gasteiger partial charge in [0.05, 0.1) is 5.56 Å². The Morgan fingerprint density at radius 1 is 1.37 bits per heavy atom. The molecule has 1 aliphatic heterocycles. The molecule has 1 aliphatic rings. The van der Waals surface area contributed by atoms with E-state index in [1.54, 1.807) is 0 Å². The van der Waals surface area contributed by atoms with E-state index < -0.39 is 11.8 Å². The highest BCUT2D eigenvalue weighted by molar-refractivity contribution is 6.23. The molecule has 0 aromatic heterocycles. The first-order valence-electron chi connectivity index (χ1n) is 5.70. The highest BCUT2D eigenvalue weighted by Crippen LogP contribution is 2.30. The summed E-state index contributed by atoms with van der Waals surface area (Å²) in [4.78, 5) is 36.1. The quantitative estimate of drug-likeness (QED) is 0.267. The number of nitrogens with zero attached hydrogens (tertiary/aromatic N) is 2. The fourth-order valence-electron chi connectivity index (χ4n) is 2.00. The summed E-state index contributed by atoms with van der Waals surface area (Å²) in [6, 6.07) is 4.43. The van der Waals surface area contributed by atoms with Gasteiger partial charge in [-0.05, 0) is 13.0 Å². The lowest BCUT2D eigenvalue weighted by Gasteiger charge is -2.12. The predicted octanol–water partition coefficient (Wildman–Crippen LogP) is 1.10. The highest BCUT2D eigenvalue weighted by Gasteiger charge is 2.39. The van der Waals surface area contributed by atoms with Gasteiger partial charge in [-0.15, -0.1) is 0 Å². The van der Waals surface area contributed by atoms with E-state index in [4.69, 9.17) is 0 Å². The van der Waals surface area contributed by atoms with Crippen LogP contribution < -0.4 is 0 Å². The van der Waals surface area contributed by atoms with Crippen molar-refractivity contribution in [2.24, 2.45) is 0 Å². The molecule has 1 aromatic carbocycles. The van der Waals surface area contributed by atoms with Crippen molar-refractivity contribution in [1.29, 1.82) is 0 Å². The molecule has 98 valence electrons. The average Bonchev–Trinajstić information content (AvgIpc) is 2.59. The maximum Gasteiger partial charge on any atom is 0.268 e. The number of amides is 2. The molecule has 1 heterocycles. The van der Waals surface area contributed by atoms with E-state index in [2.05, 4.69) is 6.72 Å². The molecule has 0 saturated carbocycles. The molecule has 0 radical (unpaired) electrons. The first-order chi connectivity index (χ1) is 8.93. The van der Waals surface area contributed by atoms with E-state index in [1.807, 2.05) is 0 Å². The molecule has 19 heavy (non-hydrogen) atoms. The van der Waals surface area contributed by atoms with Gasteiger partial charge < -0.3 is 5.21 Å². The number of imide groups is 1. The van der Waals surface area contributed by atoms with E-state index in [1.165, 1.54) is 25.1 Å². The maximum atomic E-state index is 12.1. The van der Waals surface area contributed by atoms with Crippen LogP contribution >= 0.6 is 0 Å². The first-order valence-corrected chi connectivity index (χ1v) is 5.70. The minimum absolute atomic E-state index is 0.0249. The Balaban J connectivity index is 2.41. The topological polar surface area (TPSA) is 80.5 Å². The third-order valence-electron chi connectivity index (χ3n) is 2.93. The monoisotopic (exact) mass is 260 g/mol. The van der Waals surface area contributed by atoms with Crippen molar-refractivity contribution in [3.05, 3.63) is 34.5 Å². The third kappa shape index (κ3) is 2.12. The van der Waals surface area contributed by atoms with Crippen LogP contribution in [0.4, 0.5) is 5.69 Å². The Kier molecular flexibility index (Phi) is 3.16. The molecule has 0 bridgehead atoms. The van der Waals surface area contributed by atoms with Gasteiger partial charge in [0.1, 0.15) is 18.1 Å². The van der Waals surface area contributed by atoms with Gasteiger partial charge in [-0.3, -0.25) is 19.3 Å². The van der Waals surface area contributed by atoms with Gasteiger partial charge in [-0.2, -0.15) is 4.74 Å². The highest BCUT2D eigenvalue weighted by atomic mass is 16.5. The summed E-state index contributed by atoms with van der Waals surface area (Å²) in [5, 5.41) is 11.3. The van der Waals surface area contributed by atoms with Gasteiger partial charge in [0.15, 0.2) is 0 Å². The summed E-state index contributed by atoms with van der Waals surface area (Å²) in [6.45, 7) is 4.60. The minimum atomic E-state index is -0.554. The number of carbonyl (C=O) groups excluding carboxylic acids is 3. The number of Topliss-reactive ketones (excluding diaryl/α,β-unsaturated/α-hetero) is 1. The van der Waals surface area contributed by atoms with Crippen LogP contribution in [0.3, 0.4) is 0 Å². The second kappa shape index (κ2) is 4.64. The van der Waals surface area contributed by atoms with Gasteiger partial charge in [-0.25, -0.2) is 0 Å². The van der Waals surface area contributed by atoms with Crippen LogP contribution in [0.25, 0.3) is 0 Å². The summed E-state index contributed by atoms with van der Waals surface area (Å²) >= 11 is 0. The number of benzene rings is 1. The smallest absolute Gasteiger partial charge is 0.268 e. The zero-order chi connectivity index (χ0) is 14.2. The lowest BCUT2D eigenvalue weighted by Crippen LogP contribution is -2.31. The van der Waals surface area contributed by atoms with Crippen LogP contribution in [-0.4, -0.2) is 40.5 Å². The number of carbonyl (C=O) groups is 3. The maximum absolute atomic E-state index is 12.1. The molecular formula is C13H12N2O4. The van der Waals surface area contributed by atoms with E-state index in [-0.39, 0.29) is 35.6 Å². The normalized spacial score (nSPS) is 13.6. The third-order valence-corrected chi connectivity index (χ3v) is 2.93. The number of fused-ring (bicyclic) bond motifs is 1. The zero-order valence-electron chi connectivity index (χ0n) is 10.4. The summed E-state index contributed by atoms with van der Waals surface area (Å²) < 4.78 is 0.304. The number of ketones is 1. The molecule has 6 nitrogen and oxygen atoms in total. The van der Waals surface area contributed by atoms with Gasteiger partial charge in [0, 0.05) is 19.0 Å². The Morgan fingerprint density at radius 3 is 2.63 bits per heavy atom. The van der Waals surface area contributed by atoms with Gasteiger partial charge in [0.25, 0.3) is 11.8 Å². The van der Waals surface area contributed by atoms with Crippen LogP contribution in [0.15, 0.2) is 18.2 Å². The Labute approximate surface area is 109 Å². The molecule has 6 heteroatoms. The molecule has 2 amide bonds. The summed E-state index contributed by atoms with van der Waals surface area (Å²) in [5.41, 5.74) is 0.290. The number of rotatable bonds is 4. The van der Waals surface area contributed by atoms with E-state index in [0.29, 0.717) is 4.74 Å². The Morgan fingerprint density at radius 2 is 2.05 bits per heavy atom. The van der Waals surface area contributed by atoms with E-state index in [9.17, 15) is 19.6 Å². The van der Waals surface area contributed by atoms with E-state index >= 15 is 0 Å². The van der Waals surface area contributed by atoms with Crippen molar-refractivity contribution in [3.63, 3.8) is 0 Å². The molecule has 0 saturated heterocycles. The zero-order valence-corrected chi connectivity index (χ0v) is 10.4. The molecule has 0 fully saturated rings. The number of hydrogen-bond acceptors (Lipinski definition) is 4. The lowest BCUT2D eigenvalue weighted by molar-refractivity contribution is -0.350. The second-order valence-electron chi connectivity index (χ2n) is 4.29. The van der Waals surface area contributed by atoms with Crippen molar-refractivity contribution < 1.29 is 19.1 Å². The van der Waals surface area contributed by atoms with E-state index in [0.717, 1.165) is 4.90 Å². The van der Waals surface area contributed by atoms with Crippen molar-refractivity contribution >= 4 is 30.0 Å². The first kappa shape index (κ1) is 12.9. The lowest BCUT2D eigenvalue weighted by atomic mass is 10.1. The average molecular weight is 260 g/mol. The van der Waals surface area contributed by atoms with Crippen LogP contribution in [0.1, 0.15) is 34.1 Å². The van der Waals surface area contributed by atoms with Crippen LogP contribution in [0.5, 0.6) is 0 Å². The Bertz CT molecular complexity index is 607. The van der Waals surface area contributed by atoms with Crippen LogP contribution in [0, 0.1) is 5.21 Å². The second-order valence-corrected chi connectivity index (χ2v) is 4.29. The fraction of sp³-hybridized carbons (Fsp3) is 0.231. The molecule has 0 unspecified atom stereocenters. The van der Waals surface area contributed by atoms with Crippen molar-refractivity contribution in [3.8, 4) is 0 Å². The van der Waals surface area contributed by atoms with Crippen molar-refractivity contribution in [1.82, 2.24) is 4.90 Å². The predicted molar refractivity (Wildman–Crippen MR) is 67.5 cm³/mol. The van der Waals surface area contributed by atoms with Crippen LogP contribution in [-0.2, 0) is 4.79 Å². The summed E-state index contributed by atoms with van der Waals surface area (Å²) in [5.74, 6) is -1.15. The SMILES string of the molecule is C=[N+]([O-])c1cccc2c1C(=O)N(CCC(C)=O)C2=O. The van der Waals surface area contributed by atoms with Gasteiger partial charge in [-0.1, -0.05) is 6.07 Å². The molecule has 2 rings (SSSR count). The standard InChI is InChI=1S/C13H12N2O4/c1-8(16)6-7-15-12(17)9-4-3-5-10(14(2)19)11(9)13(15)18/h3-5H,2,6-7H2,1H3. The Hall–Kier alpha value is -2.50. The summed E-state index contributed by atoms with van der Waals surface area (Å²) in [6.07, 6.45) is 0.103. The van der Waals surface area contributed by atoms with Gasteiger partial charge >= 0.3 is 0 Å². The van der Waals surface area contributed by atoms with Crippen molar-refractivity contribution in [2.45, 2.75) is 13.3 Å². The van der Waals surface area contributed by atoms with Gasteiger partial charge in [0.2, 0.25) is 5.69 Å². The minimum Gasteiger partial charge on any atom is -0.619 e.